The molecule has 21 heavy (non-hydrogen) atoms. The fourth-order valence-corrected chi connectivity index (χ4v) is 2.24. The zero-order valence-corrected chi connectivity index (χ0v) is 11.3. The van der Waals surface area contributed by atoms with E-state index in [1.54, 1.807) is 23.1 Å². The van der Waals surface area contributed by atoms with Gasteiger partial charge in [-0.3, -0.25) is 4.79 Å². The van der Waals surface area contributed by atoms with Crippen LogP contribution in [0.15, 0.2) is 36.5 Å². The van der Waals surface area contributed by atoms with Crippen LogP contribution in [0, 0.1) is 0 Å². The maximum absolute atomic E-state index is 12.4. The van der Waals surface area contributed by atoms with Crippen molar-refractivity contribution in [3.8, 4) is 0 Å². The molecule has 3 rings (SSSR count). The summed E-state index contributed by atoms with van der Waals surface area (Å²) in [4.78, 5) is 18.3. The number of carbonyl (C=O) groups is 1. The number of morpholine rings is 1. The van der Waals surface area contributed by atoms with Crippen LogP contribution in [0.2, 0.25) is 0 Å². The average molecular weight is 285 g/mol. The molecule has 108 valence electrons. The van der Waals surface area contributed by atoms with Gasteiger partial charge in [0.05, 0.1) is 18.8 Å². The number of hydrogen-bond donors (Lipinski definition) is 1. The van der Waals surface area contributed by atoms with Crippen LogP contribution in [0.3, 0.4) is 0 Å². The molecule has 1 aliphatic heterocycles. The summed E-state index contributed by atoms with van der Waals surface area (Å²) in [6.45, 7) is 1.40. The number of nitrogens with two attached hydrogens (primary N) is 1. The summed E-state index contributed by atoms with van der Waals surface area (Å²) < 4.78 is 5.69. The molecule has 0 radical (unpaired) electrons. The lowest BCUT2D eigenvalue weighted by molar-refractivity contribution is -0.0248. The standard InChI is InChI=1S/C14H15N5O2/c15-13-5-1-3-10(17-13)12-9-19(7-8-21-12)14(20)11-4-2-6-16-18-11/h1-6,12H,7-9H2,(H2,15,17)/t12-/m1/s1. The third kappa shape index (κ3) is 2.97. The predicted molar refractivity (Wildman–Crippen MR) is 75.3 cm³/mol. The highest BCUT2D eigenvalue weighted by atomic mass is 16.5. The predicted octanol–water partition coefficient (Wildman–Crippen LogP) is 0.667. The van der Waals surface area contributed by atoms with Crippen LogP contribution in [0.4, 0.5) is 5.82 Å². The van der Waals surface area contributed by atoms with Crippen molar-refractivity contribution < 1.29 is 9.53 Å². The zero-order valence-electron chi connectivity index (χ0n) is 11.3. The smallest absolute Gasteiger partial charge is 0.274 e. The Morgan fingerprint density at radius 2 is 2.24 bits per heavy atom. The second-order valence-corrected chi connectivity index (χ2v) is 4.71. The van der Waals surface area contributed by atoms with Gasteiger partial charge < -0.3 is 15.4 Å². The van der Waals surface area contributed by atoms with Gasteiger partial charge in [-0.2, -0.15) is 5.10 Å². The quantitative estimate of drug-likeness (QED) is 0.871. The summed E-state index contributed by atoms with van der Waals surface area (Å²) in [5.41, 5.74) is 6.75. The Bertz CT molecular complexity index is 634. The van der Waals surface area contributed by atoms with Gasteiger partial charge in [0.25, 0.3) is 5.91 Å². The van der Waals surface area contributed by atoms with Gasteiger partial charge in [-0.15, -0.1) is 5.10 Å². The highest BCUT2D eigenvalue weighted by molar-refractivity contribution is 5.92. The molecule has 1 amide bonds. The average Bonchev–Trinajstić information content (AvgIpc) is 2.55. The van der Waals surface area contributed by atoms with Crippen LogP contribution in [-0.4, -0.2) is 45.7 Å². The summed E-state index contributed by atoms with van der Waals surface area (Å²) in [6.07, 6.45) is 1.26. The van der Waals surface area contributed by atoms with E-state index >= 15 is 0 Å². The van der Waals surface area contributed by atoms with E-state index in [1.165, 1.54) is 6.20 Å². The Balaban J connectivity index is 1.75. The maximum atomic E-state index is 12.4. The molecule has 1 saturated heterocycles. The van der Waals surface area contributed by atoms with Crippen molar-refractivity contribution >= 4 is 11.7 Å². The number of rotatable bonds is 2. The monoisotopic (exact) mass is 285 g/mol. The zero-order chi connectivity index (χ0) is 14.7. The Morgan fingerprint density at radius 1 is 1.33 bits per heavy atom. The molecule has 0 aliphatic carbocycles. The van der Waals surface area contributed by atoms with Crippen molar-refractivity contribution in [3.05, 3.63) is 47.9 Å². The minimum absolute atomic E-state index is 0.152. The Morgan fingerprint density at radius 3 is 3.00 bits per heavy atom. The van der Waals surface area contributed by atoms with Gasteiger partial charge in [0.15, 0.2) is 5.69 Å². The first-order chi connectivity index (χ1) is 10.2. The maximum Gasteiger partial charge on any atom is 0.274 e. The van der Waals surface area contributed by atoms with Crippen molar-refractivity contribution in [1.29, 1.82) is 0 Å². The van der Waals surface area contributed by atoms with E-state index in [1.807, 2.05) is 12.1 Å². The molecule has 7 heteroatoms. The first-order valence-corrected chi connectivity index (χ1v) is 6.65. The number of hydrogen-bond acceptors (Lipinski definition) is 6. The number of anilines is 1. The number of pyridine rings is 1. The van der Waals surface area contributed by atoms with Crippen LogP contribution in [0.25, 0.3) is 0 Å². The van der Waals surface area contributed by atoms with Crippen molar-refractivity contribution in [2.75, 3.05) is 25.4 Å². The molecule has 1 fully saturated rings. The third-order valence-electron chi connectivity index (χ3n) is 3.27. The lowest BCUT2D eigenvalue weighted by Gasteiger charge is -2.32. The second kappa shape index (κ2) is 5.84. The molecule has 2 aromatic rings. The van der Waals surface area contributed by atoms with Crippen molar-refractivity contribution in [2.45, 2.75) is 6.10 Å². The Hall–Kier alpha value is -2.54. The fraction of sp³-hybridized carbons (Fsp3) is 0.286. The summed E-state index contributed by atoms with van der Waals surface area (Å²) in [7, 11) is 0. The number of amides is 1. The van der Waals surface area contributed by atoms with Crippen LogP contribution in [0.5, 0.6) is 0 Å². The molecule has 7 nitrogen and oxygen atoms in total. The SMILES string of the molecule is Nc1cccc([C@H]2CN(C(=O)c3cccnn3)CCO2)n1. The minimum atomic E-state index is -0.275. The lowest BCUT2D eigenvalue weighted by Crippen LogP contribution is -2.42. The Kier molecular flexibility index (Phi) is 3.74. The molecule has 2 aromatic heterocycles. The van der Waals surface area contributed by atoms with Gasteiger partial charge in [-0.25, -0.2) is 4.98 Å². The van der Waals surface area contributed by atoms with E-state index in [0.29, 0.717) is 31.2 Å². The normalized spacial score (nSPS) is 18.5. The molecule has 0 spiro atoms. The number of ether oxygens (including phenoxy) is 1. The van der Waals surface area contributed by atoms with Gasteiger partial charge >= 0.3 is 0 Å². The van der Waals surface area contributed by atoms with Gasteiger partial charge in [-0.05, 0) is 24.3 Å². The van der Waals surface area contributed by atoms with Gasteiger partial charge in [0.2, 0.25) is 0 Å². The van der Waals surface area contributed by atoms with Gasteiger partial charge in [0.1, 0.15) is 11.9 Å². The van der Waals surface area contributed by atoms with Crippen molar-refractivity contribution in [1.82, 2.24) is 20.1 Å². The van der Waals surface area contributed by atoms with Crippen molar-refractivity contribution in [2.24, 2.45) is 0 Å². The number of aromatic nitrogens is 3. The number of carbonyl (C=O) groups excluding carboxylic acids is 1. The molecule has 0 saturated carbocycles. The Labute approximate surface area is 121 Å². The van der Waals surface area contributed by atoms with E-state index in [4.69, 9.17) is 10.5 Å². The largest absolute Gasteiger partial charge is 0.384 e. The van der Waals surface area contributed by atoms with Crippen LogP contribution >= 0.6 is 0 Å². The minimum Gasteiger partial charge on any atom is -0.384 e. The van der Waals surface area contributed by atoms with Gasteiger partial charge in [-0.1, -0.05) is 6.07 Å². The lowest BCUT2D eigenvalue weighted by atomic mass is 10.1. The van der Waals surface area contributed by atoms with Gasteiger partial charge in [0, 0.05) is 12.7 Å². The number of nitrogens with zero attached hydrogens (tertiary/aromatic N) is 4. The second-order valence-electron chi connectivity index (χ2n) is 4.71. The number of nitrogen functional groups attached to an aromatic ring is 1. The van der Waals surface area contributed by atoms with Crippen LogP contribution < -0.4 is 5.73 Å². The molecule has 0 aromatic carbocycles. The van der Waals surface area contributed by atoms with E-state index in [0.717, 1.165) is 5.69 Å². The molecular weight excluding hydrogens is 270 g/mol. The highest BCUT2D eigenvalue weighted by Crippen LogP contribution is 2.22. The van der Waals surface area contributed by atoms with E-state index in [-0.39, 0.29) is 12.0 Å². The first-order valence-electron chi connectivity index (χ1n) is 6.65. The fourth-order valence-electron chi connectivity index (χ4n) is 2.24. The van der Waals surface area contributed by atoms with Crippen molar-refractivity contribution in [3.63, 3.8) is 0 Å². The van der Waals surface area contributed by atoms with E-state index in [2.05, 4.69) is 15.2 Å². The summed E-state index contributed by atoms with van der Waals surface area (Å²) in [5.74, 6) is 0.286. The van der Waals surface area contributed by atoms with E-state index < -0.39 is 0 Å². The topological polar surface area (TPSA) is 94.2 Å². The van der Waals surface area contributed by atoms with E-state index in [9.17, 15) is 4.79 Å². The highest BCUT2D eigenvalue weighted by Gasteiger charge is 2.27. The molecule has 3 heterocycles. The molecule has 1 aliphatic rings. The summed E-state index contributed by atoms with van der Waals surface area (Å²) >= 11 is 0. The molecule has 1 atom stereocenters. The molecule has 0 unspecified atom stereocenters. The molecule has 2 N–H and O–H groups in total. The summed E-state index contributed by atoms with van der Waals surface area (Å²) in [5, 5.41) is 7.58. The third-order valence-corrected chi connectivity index (χ3v) is 3.27. The van der Waals surface area contributed by atoms with Crippen LogP contribution in [0.1, 0.15) is 22.3 Å². The molecular formula is C14H15N5O2. The first kappa shape index (κ1) is 13.4. The summed E-state index contributed by atoms with van der Waals surface area (Å²) in [6, 6.07) is 8.73. The molecule has 0 bridgehead atoms. The van der Waals surface area contributed by atoms with Crippen LogP contribution in [-0.2, 0) is 4.74 Å².